The van der Waals surface area contributed by atoms with Crippen LogP contribution in [0.15, 0.2) is 33.6 Å². The summed E-state index contributed by atoms with van der Waals surface area (Å²) in [6.45, 7) is 3.21. The van der Waals surface area contributed by atoms with Crippen molar-refractivity contribution in [3.63, 3.8) is 0 Å². The average Bonchev–Trinajstić information content (AvgIpc) is 2.13. The van der Waals surface area contributed by atoms with E-state index in [0.29, 0.717) is 4.47 Å². The predicted octanol–water partition coefficient (Wildman–Crippen LogP) is 1.38. The molecule has 1 amide bonds. The Kier molecular flexibility index (Phi) is 4.52. The maximum Gasteiger partial charge on any atom is 0.241 e. The predicted molar refractivity (Wildman–Crippen MR) is 72.4 cm³/mol. The number of hydrogen-bond donors (Lipinski definition) is 2. The molecule has 1 rings (SSSR count). The first-order valence-electron chi connectivity index (χ1n) is 5.20. The summed E-state index contributed by atoms with van der Waals surface area (Å²) < 4.78 is 27.3. The Balaban J connectivity index is 2.99. The molecule has 0 saturated heterocycles. The lowest BCUT2D eigenvalue weighted by Gasteiger charge is -2.24. The largest absolute Gasteiger partial charge is 0.370 e. The molecule has 0 aromatic heterocycles. The van der Waals surface area contributed by atoms with Gasteiger partial charge in [0.05, 0.1) is 4.90 Å². The number of primary amides is 1. The van der Waals surface area contributed by atoms with Gasteiger partial charge in [0.2, 0.25) is 15.9 Å². The van der Waals surface area contributed by atoms with Crippen molar-refractivity contribution < 1.29 is 13.2 Å². The standard InChI is InChI=1S/C11H15BrN2O3S/c1-11(2,7-10(13)15)14-18(16,17)9-5-3-4-8(12)6-9/h3-6,14H,7H2,1-2H3,(H2,13,15). The topological polar surface area (TPSA) is 89.3 Å². The highest BCUT2D eigenvalue weighted by Gasteiger charge is 2.27. The number of amides is 1. The van der Waals surface area contributed by atoms with Crippen molar-refractivity contribution in [3.05, 3.63) is 28.7 Å². The highest BCUT2D eigenvalue weighted by molar-refractivity contribution is 9.10. The Labute approximate surface area is 115 Å². The first-order chi connectivity index (χ1) is 8.12. The Morgan fingerprint density at radius 2 is 2.06 bits per heavy atom. The fourth-order valence-electron chi connectivity index (χ4n) is 1.53. The highest BCUT2D eigenvalue weighted by Crippen LogP contribution is 2.19. The molecule has 5 nitrogen and oxygen atoms in total. The Morgan fingerprint density at radius 1 is 1.44 bits per heavy atom. The minimum absolute atomic E-state index is 0.0692. The van der Waals surface area contributed by atoms with Crippen molar-refractivity contribution in [2.45, 2.75) is 30.7 Å². The number of halogens is 1. The van der Waals surface area contributed by atoms with Crippen LogP contribution in [0, 0.1) is 0 Å². The van der Waals surface area contributed by atoms with Crippen LogP contribution in [0.5, 0.6) is 0 Å². The van der Waals surface area contributed by atoms with E-state index in [1.165, 1.54) is 12.1 Å². The number of nitrogens with two attached hydrogens (primary N) is 1. The van der Waals surface area contributed by atoms with Crippen molar-refractivity contribution in [3.8, 4) is 0 Å². The molecule has 0 unspecified atom stereocenters. The summed E-state index contributed by atoms with van der Waals surface area (Å²) in [7, 11) is -3.67. The minimum atomic E-state index is -3.67. The Bertz CT molecular complexity index is 555. The molecular formula is C11H15BrN2O3S. The van der Waals surface area contributed by atoms with E-state index in [4.69, 9.17) is 5.73 Å². The summed E-state index contributed by atoms with van der Waals surface area (Å²) in [4.78, 5) is 11.0. The monoisotopic (exact) mass is 334 g/mol. The molecule has 1 aromatic carbocycles. The minimum Gasteiger partial charge on any atom is -0.370 e. The first kappa shape index (κ1) is 15.1. The number of rotatable bonds is 5. The van der Waals surface area contributed by atoms with E-state index in [1.807, 2.05) is 0 Å². The van der Waals surface area contributed by atoms with Crippen molar-refractivity contribution in [1.29, 1.82) is 0 Å². The third kappa shape index (κ3) is 4.40. The molecule has 0 atom stereocenters. The number of nitrogens with one attached hydrogen (secondary N) is 1. The molecule has 0 aliphatic carbocycles. The highest BCUT2D eigenvalue weighted by atomic mass is 79.9. The molecule has 0 aliphatic heterocycles. The molecule has 3 N–H and O–H groups in total. The summed E-state index contributed by atoms with van der Waals surface area (Å²) in [5.41, 5.74) is 4.16. The van der Waals surface area contributed by atoms with E-state index in [0.717, 1.165) is 0 Å². The van der Waals surface area contributed by atoms with Crippen LogP contribution in [0.3, 0.4) is 0 Å². The first-order valence-corrected chi connectivity index (χ1v) is 7.48. The van der Waals surface area contributed by atoms with Gasteiger partial charge in [-0.15, -0.1) is 0 Å². The van der Waals surface area contributed by atoms with Crippen LogP contribution >= 0.6 is 15.9 Å². The quantitative estimate of drug-likeness (QED) is 0.852. The van der Waals surface area contributed by atoms with Gasteiger partial charge in [0.25, 0.3) is 0 Å². The molecular weight excluding hydrogens is 320 g/mol. The SMILES string of the molecule is CC(C)(CC(N)=O)NS(=O)(=O)c1cccc(Br)c1. The summed E-state index contributed by atoms with van der Waals surface area (Å²) in [6.07, 6.45) is -0.0692. The maximum absolute atomic E-state index is 12.1. The van der Waals surface area contributed by atoms with E-state index in [9.17, 15) is 13.2 Å². The second-order valence-electron chi connectivity index (χ2n) is 4.59. The number of carbonyl (C=O) groups excluding carboxylic acids is 1. The van der Waals surface area contributed by atoms with E-state index in [-0.39, 0.29) is 11.3 Å². The van der Waals surface area contributed by atoms with Gasteiger partial charge in [0, 0.05) is 16.4 Å². The third-order valence-corrected chi connectivity index (χ3v) is 4.32. The number of benzene rings is 1. The fourth-order valence-corrected chi connectivity index (χ4v) is 3.54. The van der Waals surface area contributed by atoms with E-state index >= 15 is 0 Å². The smallest absolute Gasteiger partial charge is 0.241 e. The van der Waals surface area contributed by atoms with Crippen LogP contribution in [0.2, 0.25) is 0 Å². The zero-order valence-electron chi connectivity index (χ0n) is 10.1. The van der Waals surface area contributed by atoms with Crippen molar-refractivity contribution in [1.82, 2.24) is 4.72 Å². The molecule has 0 saturated carbocycles. The number of hydrogen-bond acceptors (Lipinski definition) is 3. The number of carbonyl (C=O) groups is 1. The molecule has 0 heterocycles. The summed E-state index contributed by atoms with van der Waals surface area (Å²) >= 11 is 3.21. The van der Waals surface area contributed by atoms with Gasteiger partial charge in [-0.3, -0.25) is 4.79 Å². The van der Waals surface area contributed by atoms with Crippen molar-refractivity contribution in [2.75, 3.05) is 0 Å². The lowest BCUT2D eigenvalue weighted by molar-refractivity contribution is -0.119. The molecule has 0 fully saturated rings. The maximum atomic E-state index is 12.1. The molecule has 0 radical (unpaired) electrons. The van der Waals surface area contributed by atoms with Gasteiger partial charge < -0.3 is 5.73 Å². The van der Waals surface area contributed by atoms with Crippen LogP contribution in [-0.4, -0.2) is 19.9 Å². The second kappa shape index (κ2) is 5.38. The average molecular weight is 335 g/mol. The Morgan fingerprint density at radius 3 is 2.56 bits per heavy atom. The van der Waals surface area contributed by atoms with Gasteiger partial charge >= 0.3 is 0 Å². The summed E-state index contributed by atoms with van der Waals surface area (Å²) in [6, 6.07) is 6.32. The van der Waals surface area contributed by atoms with Gasteiger partial charge in [0.15, 0.2) is 0 Å². The zero-order valence-corrected chi connectivity index (χ0v) is 12.5. The van der Waals surface area contributed by atoms with Gasteiger partial charge in [-0.1, -0.05) is 22.0 Å². The van der Waals surface area contributed by atoms with Crippen LogP contribution in [-0.2, 0) is 14.8 Å². The summed E-state index contributed by atoms with van der Waals surface area (Å²) in [5.74, 6) is -0.558. The fraction of sp³-hybridized carbons (Fsp3) is 0.364. The molecule has 0 spiro atoms. The van der Waals surface area contributed by atoms with Crippen LogP contribution in [0.4, 0.5) is 0 Å². The van der Waals surface area contributed by atoms with Gasteiger partial charge in [-0.05, 0) is 32.0 Å². The number of sulfonamides is 1. The third-order valence-electron chi connectivity index (χ3n) is 2.13. The van der Waals surface area contributed by atoms with Crippen LogP contribution in [0.25, 0.3) is 0 Å². The van der Waals surface area contributed by atoms with Crippen LogP contribution < -0.4 is 10.5 Å². The summed E-state index contributed by atoms with van der Waals surface area (Å²) in [5, 5.41) is 0. The van der Waals surface area contributed by atoms with Crippen molar-refractivity contribution >= 4 is 31.9 Å². The molecule has 7 heteroatoms. The second-order valence-corrected chi connectivity index (χ2v) is 7.19. The van der Waals surface area contributed by atoms with Crippen molar-refractivity contribution in [2.24, 2.45) is 5.73 Å². The van der Waals surface area contributed by atoms with Gasteiger partial charge in [0.1, 0.15) is 0 Å². The zero-order chi connectivity index (χ0) is 14.0. The molecule has 0 aliphatic rings. The molecule has 100 valence electrons. The lowest BCUT2D eigenvalue weighted by atomic mass is 10.0. The van der Waals surface area contributed by atoms with Gasteiger partial charge in [-0.25, -0.2) is 13.1 Å². The van der Waals surface area contributed by atoms with E-state index in [1.54, 1.807) is 26.0 Å². The van der Waals surface area contributed by atoms with Gasteiger partial charge in [-0.2, -0.15) is 0 Å². The van der Waals surface area contributed by atoms with Crippen LogP contribution in [0.1, 0.15) is 20.3 Å². The molecule has 0 bridgehead atoms. The Hall–Kier alpha value is -0.920. The molecule has 1 aromatic rings. The molecule has 18 heavy (non-hydrogen) atoms. The normalized spacial score (nSPS) is 12.4. The lowest BCUT2D eigenvalue weighted by Crippen LogP contribution is -2.45. The van der Waals surface area contributed by atoms with E-state index in [2.05, 4.69) is 20.7 Å². The van der Waals surface area contributed by atoms with E-state index < -0.39 is 21.5 Å².